The Hall–Kier alpha value is -10.2. The van der Waals surface area contributed by atoms with Gasteiger partial charge in [-0.2, -0.15) is 9.97 Å². The molecule has 6 N–H and O–H groups in total. The molecule has 2 aromatic carbocycles. The average molecular weight is 1250 g/mol. The molecule has 0 aliphatic carbocycles. The number of pyridine rings is 3. The minimum Gasteiger partial charge on any atom is -0.478 e. The van der Waals surface area contributed by atoms with Crippen LogP contribution in [0.1, 0.15) is 83.0 Å². The minimum atomic E-state index is -1.22. The van der Waals surface area contributed by atoms with E-state index in [9.17, 15) is 24.6 Å². The van der Waals surface area contributed by atoms with Gasteiger partial charge in [0.05, 0.1) is 16.7 Å². The lowest BCUT2D eigenvalue weighted by molar-refractivity contribution is 0.0417. The molecule has 25 nitrogen and oxygen atoms in total. The molecule has 0 atom stereocenters. The highest BCUT2D eigenvalue weighted by Crippen LogP contribution is 2.25. The summed E-state index contributed by atoms with van der Waals surface area (Å²) in [5, 5.41) is 39.0. The van der Waals surface area contributed by atoms with E-state index in [4.69, 9.17) is 21.3 Å². The average Bonchev–Trinajstić information content (AvgIpc) is 4.56. The van der Waals surface area contributed by atoms with Crippen LogP contribution in [0.2, 0.25) is 0 Å². The van der Waals surface area contributed by atoms with Crippen LogP contribution in [0.5, 0.6) is 0 Å². The van der Waals surface area contributed by atoms with Crippen molar-refractivity contribution in [2.45, 2.75) is 52.0 Å². The van der Waals surface area contributed by atoms with Crippen molar-refractivity contribution < 1.29 is 40.1 Å². The highest BCUT2D eigenvalue weighted by atomic mass is 127. The van der Waals surface area contributed by atoms with Gasteiger partial charge in [0.1, 0.15) is 34.6 Å². The Bertz CT molecular complexity index is 3850. The Balaban J connectivity index is 0.000000167. The molecule has 0 saturated heterocycles. The van der Waals surface area contributed by atoms with Crippen molar-refractivity contribution in [3.05, 3.63) is 217 Å². The minimum absolute atomic E-state index is 0.0645. The van der Waals surface area contributed by atoms with Crippen LogP contribution in [-0.4, -0.2) is 113 Å². The van der Waals surface area contributed by atoms with E-state index < -0.39 is 17.2 Å². The summed E-state index contributed by atoms with van der Waals surface area (Å²) in [6.07, 6.45) is 18.0. The number of nitrogens with zero attached hydrogens (tertiary/aromatic N) is 15. The fraction of sp³-hybridized carbons (Fsp3) is 0.155. The second-order valence-corrected chi connectivity index (χ2v) is 18.4. The van der Waals surface area contributed by atoms with E-state index in [0.717, 1.165) is 16.7 Å². The molecule has 0 saturated carbocycles. The number of nitrogens with one attached hydrogen (secondary N) is 1. The van der Waals surface area contributed by atoms with Crippen LogP contribution in [0, 0.1) is 0 Å². The summed E-state index contributed by atoms with van der Waals surface area (Å²) >= 11 is 1.96. The standard InChI is InChI=1S/C22H20N6O3.C13H9N5O.C12H15N3O2.C10H7N3O2.CH3I/c1-22(2,30)21-27-18(28-31-21)15-7-5-6-14(10-15)11-26-20(29)16-12-24-19(25-13-16)17-8-3-4-9-23-17;19-13(18-6-5-14-9-18)10-7-16-12(17-8-10)11-3-1-2-4-15-11;1-12(2,16)11-14-10(15-17-11)9-5-3-4-8(6-9)7-13;14-10(15)7-5-12-9(13-6-7)8-3-1-2-4-11-8;1-2/h3-10,12-13,30H,11H2,1-2H3,(H,26,29);1-9H;3-6,16H,7,13H2,1-2H3;1-6H,(H,14,15);1H3/i;;;;1D. The summed E-state index contributed by atoms with van der Waals surface area (Å²) in [5.74, 6) is 0.968. The normalized spacial score (nSPS) is 10.9. The van der Waals surface area contributed by atoms with E-state index in [0.29, 0.717) is 80.9 Å². The molecular formula is C58H54IN17O8. The fourth-order valence-corrected chi connectivity index (χ4v) is 6.85. The molecule has 0 fully saturated rings. The molecule has 11 rings (SSSR count). The van der Waals surface area contributed by atoms with Crippen LogP contribution in [0.4, 0.5) is 0 Å². The van der Waals surface area contributed by atoms with Crippen LogP contribution >= 0.6 is 22.6 Å². The van der Waals surface area contributed by atoms with E-state index in [1.165, 1.54) is 48.1 Å². The van der Waals surface area contributed by atoms with Gasteiger partial charge >= 0.3 is 5.97 Å². The molecule has 0 aliphatic heterocycles. The molecule has 0 bridgehead atoms. The number of aromatic carboxylic acids is 1. The maximum Gasteiger partial charge on any atom is 0.338 e. The third kappa shape index (κ3) is 17.4. The van der Waals surface area contributed by atoms with Gasteiger partial charge in [0.15, 0.2) is 17.5 Å². The molecule has 0 aliphatic rings. The molecule has 84 heavy (non-hydrogen) atoms. The van der Waals surface area contributed by atoms with Gasteiger partial charge in [-0.3, -0.25) is 29.1 Å². The third-order valence-corrected chi connectivity index (χ3v) is 11.1. The summed E-state index contributed by atoms with van der Waals surface area (Å²) in [7, 11) is 0. The number of hydrogen-bond acceptors (Lipinski definition) is 22. The van der Waals surface area contributed by atoms with Crippen molar-refractivity contribution in [1.29, 1.82) is 0 Å². The van der Waals surface area contributed by atoms with Gasteiger partial charge in [-0.25, -0.2) is 39.7 Å². The zero-order valence-corrected chi connectivity index (χ0v) is 47.6. The number of amides is 1. The number of hydrogen-bond donors (Lipinski definition) is 5. The fourth-order valence-electron chi connectivity index (χ4n) is 6.85. The van der Waals surface area contributed by atoms with E-state index in [-0.39, 0.29) is 29.2 Å². The molecule has 9 aromatic heterocycles. The molecule has 0 radical (unpaired) electrons. The van der Waals surface area contributed by atoms with Gasteiger partial charge < -0.3 is 35.4 Å². The number of carbonyl (C=O) groups is 3. The zero-order valence-electron chi connectivity index (χ0n) is 46.4. The number of alkyl halides is 1. The maximum atomic E-state index is 12.5. The number of imidazole rings is 1. The largest absolute Gasteiger partial charge is 0.478 e. The number of nitrogens with two attached hydrogens (primary N) is 1. The van der Waals surface area contributed by atoms with Crippen molar-refractivity contribution in [3.8, 4) is 57.3 Å². The number of carboxylic acid groups (broad SMARTS) is 1. The highest BCUT2D eigenvalue weighted by molar-refractivity contribution is 14.1. The predicted molar refractivity (Wildman–Crippen MR) is 314 cm³/mol. The Morgan fingerprint density at radius 1 is 0.583 bits per heavy atom. The van der Waals surface area contributed by atoms with Crippen molar-refractivity contribution in [1.82, 2.24) is 80.0 Å². The molecule has 426 valence electrons. The number of aromatic nitrogens is 15. The first-order chi connectivity index (χ1) is 40.9. The summed E-state index contributed by atoms with van der Waals surface area (Å²) in [5.41, 5.74) is 9.36. The second kappa shape index (κ2) is 29.5. The van der Waals surface area contributed by atoms with Gasteiger partial charge in [-0.1, -0.05) is 87.5 Å². The SMILES string of the molecule is CC(C)(O)c1nc(-c2cccc(CN)c2)no1.CC(C)(O)c1nc(-c2cccc(CNC(=O)c3cnc(-c4ccccn4)nc3)c2)no1.O=C(O)c1cnc(-c2ccccn2)nc1.O=C(c1cnc(-c2ccccn2)nc1)n1ccnc1.[2H]CI. The lowest BCUT2D eigenvalue weighted by Gasteiger charge is -2.09. The number of halogens is 1. The smallest absolute Gasteiger partial charge is 0.338 e. The zero-order chi connectivity index (χ0) is 60.8. The van der Waals surface area contributed by atoms with Crippen LogP contribution in [0.25, 0.3) is 57.3 Å². The first kappa shape index (κ1) is 59.9. The van der Waals surface area contributed by atoms with E-state index >= 15 is 0 Å². The number of carbonyl (C=O) groups excluding carboxylic acids is 2. The van der Waals surface area contributed by atoms with E-state index in [2.05, 4.69) is 75.4 Å². The van der Waals surface area contributed by atoms with Crippen LogP contribution < -0.4 is 11.1 Å². The van der Waals surface area contributed by atoms with Gasteiger partial charge in [-0.05, 0) is 92.3 Å². The van der Waals surface area contributed by atoms with Gasteiger partial charge in [0.25, 0.3) is 23.6 Å². The number of aliphatic hydroxyl groups is 2. The predicted octanol–water partition coefficient (Wildman–Crippen LogP) is 7.88. The molecule has 11 aromatic rings. The van der Waals surface area contributed by atoms with Gasteiger partial charge in [-0.15, -0.1) is 0 Å². The third-order valence-electron chi connectivity index (χ3n) is 11.1. The molecular weight excluding hydrogens is 1190 g/mol. The maximum absolute atomic E-state index is 12.5. The lowest BCUT2D eigenvalue weighted by Crippen LogP contribution is -2.23. The van der Waals surface area contributed by atoms with E-state index in [1.807, 2.05) is 108 Å². The Morgan fingerprint density at radius 3 is 1.39 bits per heavy atom. The summed E-state index contributed by atoms with van der Waals surface area (Å²) in [6, 6.07) is 31.3. The molecule has 26 heteroatoms. The first-order valence-corrected chi connectivity index (χ1v) is 26.6. The Labute approximate surface area is 495 Å². The highest BCUT2D eigenvalue weighted by Gasteiger charge is 2.26. The van der Waals surface area contributed by atoms with Crippen molar-refractivity contribution in [2.24, 2.45) is 5.73 Å². The molecule has 0 spiro atoms. The second-order valence-electron chi connectivity index (χ2n) is 18.4. The Kier molecular flexibility index (Phi) is 21.1. The Morgan fingerprint density at radius 2 is 1.01 bits per heavy atom. The van der Waals surface area contributed by atoms with Crippen LogP contribution in [0.15, 0.2) is 187 Å². The van der Waals surface area contributed by atoms with Gasteiger partial charge in [0.2, 0.25) is 11.6 Å². The molecule has 0 unspecified atom stereocenters. The number of rotatable bonds is 13. The number of benzene rings is 2. The van der Waals surface area contributed by atoms with Crippen LogP contribution in [0.3, 0.4) is 0 Å². The summed E-state index contributed by atoms with van der Waals surface area (Å²) in [4.78, 5) is 84.6. The quantitative estimate of drug-likeness (QED) is 0.0541. The van der Waals surface area contributed by atoms with Crippen molar-refractivity contribution >= 4 is 40.4 Å². The lowest BCUT2D eigenvalue weighted by atomic mass is 10.1. The van der Waals surface area contributed by atoms with Crippen LogP contribution in [-0.2, 0) is 24.3 Å². The molecule has 1 amide bonds. The topological polar surface area (TPSA) is 362 Å². The first-order valence-electron chi connectivity index (χ1n) is 25.8. The number of carboxylic acids is 1. The summed E-state index contributed by atoms with van der Waals surface area (Å²) in [6.45, 7) is 7.10. The van der Waals surface area contributed by atoms with Gasteiger partial charge in [0, 0.05) is 93.8 Å². The van der Waals surface area contributed by atoms with Crippen molar-refractivity contribution in [2.75, 3.05) is 4.91 Å². The van der Waals surface area contributed by atoms with E-state index in [1.54, 1.807) is 76.9 Å². The van der Waals surface area contributed by atoms with Crippen molar-refractivity contribution in [3.63, 3.8) is 0 Å². The monoisotopic (exact) mass is 1240 g/mol. The summed E-state index contributed by atoms with van der Waals surface area (Å²) < 4.78 is 17.7. The molecule has 9 heterocycles.